The first-order chi connectivity index (χ1) is 3.00. The Kier molecular flexibility index (Phi) is 106. The second-order valence-corrected chi connectivity index (χ2v) is 2.12. The highest BCUT2D eigenvalue weighted by atomic mass is 16.0. The molecule has 0 heterocycles. The summed E-state index contributed by atoms with van der Waals surface area (Å²) in [5.41, 5.74) is 0. The van der Waals surface area contributed by atoms with Crippen LogP contribution in [-0.2, 0) is 0 Å². The topological polar surface area (TPSA) is 189 Å². The van der Waals surface area contributed by atoms with Gasteiger partial charge in [0.1, 0.15) is 0 Å². The Hall–Kier alpha value is -0.240. The zero-order valence-corrected chi connectivity index (χ0v) is 7.24. The maximum atomic E-state index is 1.50. The third kappa shape index (κ3) is 22.6. The van der Waals surface area contributed by atoms with Crippen molar-refractivity contribution in [1.82, 2.24) is 0 Å². The van der Waals surface area contributed by atoms with Gasteiger partial charge in [0, 0.05) is 0 Å². The van der Waals surface area contributed by atoms with E-state index in [2.05, 4.69) is 0 Å². The lowest BCUT2D eigenvalue weighted by molar-refractivity contribution is 0.504. The number of hydrogen-bond acceptors (Lipinski definition) is 0. The first kappa shape index (κ1) is 41.0. The van der Waals surface area contributed by atoms with Crippen LogP contribution < -0.4 is 0 Å². The highest BCUT2D eigenvalue weighted by Crippen LogP contribution is 2.15. The second-order valence-electron chi connectivity index (χ2n) is 2.12. The van der Waals surface area contributed by atoms with E-state index in [0.29, 0.717) is 0 Å². The van der Waals surface area contributed by atoms with Gasteiger partial charge in [0.25, 0.3) is 0 Å². The largest absolute Gasteiger partial charge is 0.412 e. The van der Waals surface area contributed by atoms with Crippen LogP contribution >= 0.6 is 0 Å². The van der Waals surface area contributed by atoms with Crippen LogP contribution in [-0.4, -0.2) is 32.9 Å². The van der Waals surface area contributed by atoms with Crippen molar-refractivity contribution in [1.29, 1.82) is 0 Å². The average Bonchev–Trinajstić information content (AvgIpc) is 1.72. The van der Waals surface area contributed by atoms with Gasteiger partial charge in [0.05, 0.1) is 0 Å². The summed E-state index contributed by atoms with van der Waals surface area (Å²) in [7, 11) is 0. The van der Waals surface area contributed by atoms with Gasteiger partial charge in [-0.15, -0.1) is 0 Å². The summed E-state index contributed by atoms with van der Waals surface area (Å²) in [6, 6.07) is 0. The molecule has 1 saturated carbocycles. The number of rotatable bonds is 0. The molecule has 6 nitrogen and oxygen atoms in total. The molecular weight excluding hydrogens is 168 g/mol. The van der Waals surface area contributed by atoms with Gasteiger partial charge in [0.2, 0.25) is 0 Å². The lowest BCUT2D eigenvalue weighted by Crippen LogP contribution is -1.85. The summed E-state index contributed by atoms with van der Waals surface area (Å²) >= 11 is 0. The predicted molar refractivity (Wildman–Crippen MR) is 49.4 cm³/mol. The maximum absolute atomic E-state index is 1.50. The van der Waals surface area contributed by atoms with E-state index in [1.54, 1.807) is 0 Å². The molecule has 84 valence electrons. The smallest absolute Gasteiger partial charge is 0.0533 e. The Morgan fingerprint density at radius 3 is 0.417 bits per heavy atom. The van der Waals surface area contributed by atoms with Crippen molar-refractivity contribution in [3.63, 3.8) is 0 Å². The molecule has 0 amide bonds. The Labute approximate surface area is 72.4 Å². The van der Waals surface area contributed by atoms with E-state index in [1.807, 2.05) is 0 Å². The predicted octanol–water partition coefficient (Wildman–Crippen LogP) is -2.61. The van der Waals surface area contributed by atoms with Crippen molar-refractivity contribution in [2.45, 2.75) is 38.5 Å². The highest BCUT2D eigenvalue weighted by molar-refractivity contribution is 4.51. The van der Waals surface area contributed by atoms with Crippen molar-refractivity contribution in [2.75, 3.05) is 0 Å². The van der Waals surface area contributed by atoms with Crippen LogP contribution in [0.3, 0.4) is 0 Å². The molecule has 6 heteroatoms. The SMILES string of the molecule is C1CCCCC1.O.O.O.O.O.O. The zero-order chi connectivity index (χ0) is 4.24. The fourth-order valence-corrected chi connectivity index (χ4v) is 1.06. The third-order valence-corrected chi connectivity index (χ3v) is 1.50. The Morgan fingerprint density at radius 1 is 0.250 bits per heavy atom. The molecule has 12 heavy (non-hydrogen) atoms. The van der Waals surface area contributed by atoms with E-state index in [0.717, 1.165) is 0 Å². The van der Waals surface area contributed by atoms with Crippen LogP contribution in [0.5, 0.6) is 0 Å². The van der Waals surface area contributed by atoms with E-state index in [1.165, 1.54) is 38.5 Å². The molecule has 0 radical (unpaired) electrons. The van der Waals surface area contributed by atoms with Gasteiger partial charge < -0.3 is 32.9 Å². The van der Waals surface area contributed by atoms with Gasteiger partial charge in [-0.1, -0.05) is 38.5 Å². The quantitative estimate of drug-likeness (QED) is 0.389. The molecule has 12 N–H and O–H groups in total. The zero-order valence-electron chi connectivity index (χ0n) is 7.24. The molecule has 0 unspecified atom stereocenters. The van der Waals surface area contributed by atoms with Crippen molar-refractivity contribution in [2.24, 2.45) is 0 Å². The van der Waals surface area contributed by atoms with Crippen LogP contribution in [0.1, 0.15) is 38.5 Å². The standard InChI is InChI=1S/C6H12.6H2O/c1-2-4-6-5-3-1;;;;;;/h1-6H2;6*1H2. The average molecular weight is 192 g/mol. The normalized spacial score (nSPS) is 12.0. The van der Waals surface area contributed by atoms with E-state index >= 15 is 0 Å². The van der Waals surface area contributed by atoms with Gasteiger partial charge in [-0.2, -0.15) is 0 Å². The molecule has 0 aromatic carbocycles. The fraction of sp³-hybridized carbons (Fsp3) is 1.00. The van der Waals surface area contributed by atoms with Gasteiger partial charge in [0.15, 0.2) is 0 Å². The Morgan fingerprint density at radius 2 is 0.333 bits per heavy atom. The van der Waals surface area contributed by atoms with E-state index in [-0.39, 0.29) is 32.9 Å². The monoisotopic (exact) mass is 192 g/mol. The van der Waals surface area contributed by atoms with Crippen molar-refractivity contribution >= 4 is 0 Å². The summed E-state index contributed by atoms with van der Waals surface area (Å²) in [5.74, 6) is 0. The molecule has 0 bridgehead atoms. The van der Waals surface area contributed by atoms with Crippen LogP contribution in [0.15, 0.2) is 0 Å². The van der Waals surface area contributed by atoms with Crippen molar-refractivity contribution < 1.29 is 32.9 Å². The van der Waals surface area contributed by atoms with E-state index in [4.69, 9.17) is 0 Å². The summed E-state index contributed by atoms with van der Waals surface area (Å²) in [6.07, 6.45) is 9.00. The summed E-state index contributed by atoms with van der Waals surface area (Å²) < 4.78 is 0. The summed E-state index contributed by atoms with van der Waals surface area (Å²) in [5, 5.41) is 0. The molecular formula is C6H24O6. The van der Waals surface area contributed by atoms with Crippen LogP contribution in [0.4, 0.5) is 0 Å². The van der Waals surface area contributed by atoms with Crippen LogP contribution in [0.25, 0.3) is 0 Å². The van der Waals surface area contributed by atoms with Crippen molar-refractivity contribution in [3.05, 3.63) is 0 Å². The van der Waals surface area contributed by atoms with Gasteiger partial charge in [-0.3, -0.25) is 0 Å². The highest BCUT2D eigenvalue weighted by Gasteiger charge is 1.95. The minimum absolute atomic E-state index is 0. The summed E-state index contributed by atoms with van der Waals surface area (Å²) in [6.45, 7) is 0. The molecule has 0 saturated heterocycles. The van der Waals surface area contributed by atoms with Crippen LogP contribution in [0, 0.1) is 0 Å². The first-order valence-electron chi connectivity index (χ1n) is 3.00. The van der Waals surface area contributed by atoms with Crippen molar-refractivity contribution in [3.8, 4) is 0 Å². The molecule has 1 fully saturated rings. The lowest BCUT2D eigenvalue weighted by Gasteiger charge is -2.05. The van der Waals surface area contributed by atoms with Gasteiger partial charge in [-0.05, 0) is 0 Å². The van der Waals surface area contributed by atoms with E-state index in [9.17, 15) is 0 Å². The molecule has 1 rings (SSSR count). The molecule has 0 aromatic heterocycles. The van der Waals surface area contributed by atoms with E-state index < -0.39 is 0 Å². The Bertz CT molecular complexity index is 27.5. The lowest BCUT2D eigenvalue weighted by atomic mass is 10.0. The fourth-order valence-electron chi connectivity index (χ4n) is 1.06. The third-order valence-electron chi connectivity index (χ3n) is 1.50. The van der Waals surface area contributed by atoms with Crippen LogP contribution in [0.2, 0.25) is 0 Å². The maximum Gasteiger partial charge on any atom is -0.0533 e. The number of hydrogen-bond donors (Lipinski definition) is 0. The molecule has 0 aliphatic heterocycles. The van der Waals surface area contributed by atoms with Gasteiger partial charge in [-0.25, -0.2) is 0 Å². The Balaban J connectivity index is -0.0000000150. The molecule has 1 aliphatic rings. The summed E-state index contributed by atoms with van der Waals surface area (Å²) in [4.78, 5) is 0. The molecule has 1 aliphatic carbocycles. The minimum atomic E-state index is 0. The molecule has 0 spiro atoms. The first-order valence-corrected chi connectivity index (χ1v) is 3.00. The second kappa shape index (κ2) is 30.9. The molecule has 0 atom stereocenters. The minimum Gasteiger partial charge on any atom is -0.412 e. The molecule has 0 aromatic rings. The van der Waals surface area contributed by atoms with Gasteiger partial charge >= 0.3 is 0 Å².